The van der Waals surface area contributed by atoms with Crippen LogP contribution in [0.2, 0.25) is 0 Å². The smallest absolute Gasteiger partial charge is 0.340 e. The van der Waals surface area contributed by atoms with Gasteiger partial charge in [-0.25, -0.2) is 14.8 Å². The summed E-state index contributed by atoms with van der Waals surface area (Å²) in [5.74, 6) is -0.0974. The van der Waals surface area contributed by atoms with Crippen LogP contribution in [0.25, 0.3) is 0 Å². The minimum absolute atomic E-state index is 0.00346. The van der Waals surface area contributed by atoms with Crippen LogP contribution in [0.5, 0.6) is 0 Å². The Morgan fingerprint density at radius 2 is 1.94 bits per heavy atom. The molecule has 0 saturated carbocycles. The van der Waals surface area contributed by atoms with E-state index in [0.717, 1.165) is 0 Å². The Labute approximate surface area is 104 Å². The second-order valence-electron chi connectivity index (χ2n) is 3.59. The Bertz CT molecular complexity index is 557. The van der Waals surface area contributed by atoms with E-state index in [2.05, 4.69) is 9.97 Å². The van der Waals surface area contributed by atoms with E-state index in [1.165, 1.54) is 12.1 Å². The molecule has 0 saturated heterocycles. The van der Waals surface area contributed by atoms with Crippen molar-refractivity contribution >= 4 is 17.3 Å². The van der Waals surface area contributed by atoms with Crippen LogP contribution in [0.3, 0.4) is 0 Å². The van der Waals surface area contributed by atoms with Crippen molar-refractivity contribution in [2.75, 3.05) is 11.5 Å². The van der Waals surface area contributed by atoms with Gasteiger partial charge in [-0.1, -0.05) is 0 Å². The molecule has 0 atom stereocenters. The maximum Gasteiger partial charge on any atom is 0.340 e. The number of rotatable bonds is 3. The van der Waals surface area contributed by atoms with Crippen LogP contribution in [0.15, 0.2) is 36.7 Å². The normalized spacial score (nSPS) is 10.0. The topological polar surface area (TPSA) is 104 Å². The number of esters is 1. The Hall–Kier alpha value is -2.63. The summed E-state index contributed by atoms with van der Waals surface area (Å²) in [6, 6.07) is 6.31. The first kappa shape index (κ1) is 11.8. The van der Waals surface area contributed by atoms with Crippen molar-refractivity contribution in [2.45, 2.75) is 6.61 Å². The average molecular weight is 244 g/mol. The second-order valence-corrected chi connectivity index (χ2v) is 3.59. The number of ether oxygens (including phenoxy) is 1. The summed E-state index contributed by atoms with van der Waals surface area (Å²) in [6.07, 6.45) is 3.15. The van der Waals surface area contributed by atoms with Crippen molar-refractivity contribution in [1.29, 1.82) is 0 Å². The molecule has 0 spiro atoms. The fourth-order valence-corrected chi connectivity index (χ4v) is 1.38. The Morgan fingerprint density at radius 3 is 2.61 bits per heavy atom. The highest BCUT2D eigenvalue weighted by molar-refractivity contribution is 5.95. The summed E-state index contributed by atoms with van der Waals surface area (Å²) < 4.78 is 5.05. The van der Waals surface area contributed by atoms with E-state index < -0.39 is 5.97 Å². The van der Waals surface area contributed by atoms with Gasteiger partial charge in [-0.05, 0) is 24.3 Å². The Kier molecular flexibility index (Phi) is 3.38. The number of carbonyl (C=O) groups is 1. The standard InChI is InChI=1S/C12H12N4O2/c13-8-2-3-9(10(14)6-8)12(17)18-7-11-15-4-1-5-16-11/h1-6H,7,13-14H2. The molecule has 0 aliphatic rings. The van der Waals surface area contributed by atoms with E-state index in [-0.39, 0.29) is 17.9 Å². The predicted molar refractivity (Wildman–Crippen MR) is 66.4 cm³/mol. The van der Waals surface area contributed by atoms with Crippen LogP contribution in [-0.4, -0.2) is 15.9 Å². The van der Waals surface area contributed by atoms with Crippen molar-refractivity contribution in [3.8, 4) is 0 Å². The fourth-order valence-electron chi connectivity index (χ4n) is 1.38. The zero-order valence-corrected chi connectivity index (χ0v) is 9.54. The highest BCUT2D eigenvalue weighted by atomic mass is 16.5. The Balaban J connectivity index is 2.04. The number of hydrogen-bond donors (Lipinski definition) is 2. The van der Waals surface area contributed by atoms with Gasteiger partial charge >= 0.3 is 5.97 Å². The average Bonchev–Trinajstić information content (AvgIpc) is 2.37. The summed E-state index contributed by atoms with van der Waals surface area (Å²) in [6.45, 7) is 0.00346. The summed E-state index contributed by atoms with van der Waals surface area (Å²) >= 11 is 0. The highest BCUT2D eigenvalue weighted by Crippen LogP contribution is 2.16. The molecule has 0 fully saturated rings. The molecule has 0 radical (unpaired) electrons. The van der Waals surface area contributed by atoms with Crippen LogP contribution in [0.4, 0.5) is 11.4 Å². The molecule has 4 N–H and O–H groups in total. The zero-order chi connectivity index (χ0) is 13.0. The first-order chi connectivity index (χ1) is 8.66. The van der Waals surface area contributed by atoms with E-state index in [9.17, 15) is 4.79 Å². The van der Waals surface area contributed by atoms with Gasteiger partial charge in [0.15, 0.2) is 12.4 Å². The van der Waals surface area contributed by atoms with E-state index in [1.807, 2.05) is 0 Å². The quantitative estimate of drug-likeness (QED) is 0.616. The first-order valence-electron chi connectivity index (χ1n) is 5.25. The largest absolute Gasteiger partial charge is 0.454 e. The van der Waals surface area contributed by atoms with Crippen LogP contribution < -0.4 is 11.5 Å². The lowest BCUT2D eigenvalue weighted by molar-refractivity contribution is 0.0463. The number of benzene rings is 1. The third-order valence-corrected chi connectivity index (χ3v) is 2.25. The van der Waals surface area contributed by atoms with Gasteiger partial charge < -0.3 is 16.2 Å². The lowest BCUT2D eigenvalue weighted by atomic mass is 10.1. The number of nitrogens with zero attached hydrogens (tertiary/aromatic N) is 2. The molecule has 0 unspecified atom stereocenters. The zero-order valence-electron chi connectivity index (χ0n) is 9.54. The molecule has 1 aromatic carbocycles. The molecule has 6 nitrogen and oxygen atoms in total. The molecular formula is C12H12N4O2. The SMILES string of the molecule is Nc1ccc(C(=O)OCc2ncccn2)c(N)c1. The van der Waals surface area contributed by atoms with Crippen LogP contribution in [-0.2, 0) is 11.3 Å². The number of carbonyl (C=O) groups excluding carboxylic acids is 1. The number of anilines is 2. The van der Waals surface area contributed by atoms with Crippen LogP contribution >= 0.6 is 0 Å². The lowest BCUT2D eigenvalue weighted by Gasteiger charge is -2.06. The lowest BCUT2D eigenvalue weighted by Crippen LogP contribution is -2.09. The van der Waals surface area contributed by atoms with Gasteiger partial charge in [-0.2, -0.15) is 0 Å². The molecule has 2 aromatic rings. The molecule has 18 heavy (non-hydrogen) atoms. The Morgan fingerprint density at radius 1 is 1.22 bits per heavy atom. The summed E-state index contributed by atoms with van der Waals surface area (Å²) in [7, 11) is 0. The molecule has 0 amide bonds. The van der Waals surface area contributed by atoms with Crippen molar-refractivity contribution in [2.24, 2.45) is 0 Å². The third kappa shape index (κ3) is 2.73. The number of hydrogen-bond acceptors (Lipinski definition) is 6. The van der Waals surface area contributed by atoms with Gasteiger partial charge in [0, 0.05) is 23.8 Å². The van der Waals surface area contributed by atoms with E-state index in [4.69, 9.17) is 16.2 Å². The number of nitrogens with two attached hydrogens (primary N) is 2. The predicted octanol–water partition coefficient (Wildman–Crippen LogP) is 0.998. The summed E-state index contributed by atoms with van der Waals surface area (Å²) in [4.78, 5) is 19.6. The van der Waals surface area contributed by atoms with Crippen molar-refractivity contribution in [1.82, 2.24) is 9.97 Å². The number of nitrogen functional groups attached to an aromatic ring is 2. The molecule has 0 aliphatic heterocycles. The minimum atomic E-state index is -0.528. The van der Waals surface area contributed by atoms with E-state index in [1.54, 1.807) is 24.5 Å². The molecule has 92 valence electrons. The molecule has 2 rings (SSSR count). The van der Waals surface area contributed by atoms with E-state index >= 15 is 0 Å². The van der Waals surface area contributed by atoms with Crippen molar-refractivity contribution in [3.05, 3.63) is 48.0 Å². The van der Waals surface area contributed by atoms with Crippen molar-refractivity contribution in [3.63, 3.8) is 0 Å². The van der Waals surface area contributed by atoms with Crippen LogP contribution in [0.1, 0.15) is 16.2 Å². The highest BCUT2D eigenvalue weighted by Gasteiger charge is 2.11. The van der Waals surface area contributed by atoms with Gasteiger partial charge in [0.2, 0.25) is 0 Å². The van der Waals surface area contributed by atoms with Gasteiger partial charge in [0.05, 0.1) is 5.56 Å². The molecule has 0 aliphatic carbocycles. The fraction of sp³-hybridized carbons (Fsp3) is 0.0833. The molecular weight excluding hydrogens is 232 g/mol. The maximum absolute atomic E-state index is 11.8. The molecule has 6 heteroatoms. The third-order valence-electron chi connectivity index (χ3n) is 2.25. The summed E-state index contributed by atoms with van der Waals surface area (Å²) in [5, 5.41) is 0. The first-order valence-corrected chi connectivity index (χ1v) is 5.25. The van der Waals surface area contributed by atoms with Gasteiger partial charge in [0.1, 0.15) is 0 Å². The van der Waals surface area contributed by atoms with Crippen LogP contribution in [0, 0.1) is 0 Å². The molecule has 0 bridgehead atoms. The van der Waals surface area contributed by atoms with Gasteiger partial charge in [0.25, 0.3) is 0 Å². The maximum atomic E-state index is 11.8. The van der Waals surface area contributed by atoms with Gasteiger partial charge in [-0.3, -0.25) is 0 Å². The summed E-state index contributed by atoms with van der Waals surface area (Å²) in [5.41, 5.74) is 12.3. The molecule has 1 aromatic heterocycles. The minimum Gasteiger partial charge on any atom is -0.454 e. The molecule has 1 heterocycles. The van der Waals surface area contributed by atoms with Crippen molar-refractivity contribution < 1.29 is 9.53 Å². The monoisotopic (exact) mass is 244 g/mol. The second kappa shape index (κ2) is 5.13. The number of aromatic nitrogens is 2. The van der Waals surface area contributed by atoms with Gasteiger partial charge in [-0.15, -0.1) is 0 Å². The van der Waals surface area contributed by atoms with E-state index in [0.29, 0.717) is 11.5 Å².